The van der Waals surface area contributed by atoms with Gasteiger partial charge in [0.1, 0.15) is 11.9 Å². The summed E-state index contributed by atoms with van der Waals surface area (Å²) in [6.45, 7) is 3.12. The van der Waals surface area contributed by atoms with Gasteiger partial charge in [0.05, 0.1) is 19.3 Å². The summed E-state index contributed by atoms with van der Waals surface area (Å²) in [5.41, 5.74) is 0.568. The molecule has 15 heavy (non-hydrogen) atoms. The molecule has 1 aromatic rings. The topological polar surface area (TPSA) is 21.8 Å². The number of hydrogen-bond acceptors (Lipinski definition) is 2. The summed E-state index contributed by atoms with van der Waals surface area (Å²) in [6, 6.07) is 4.92. The van der Waals surface area contributed by atoms with Gasteiger partial charge >= 0.3 is 0 Å². The maximum atomic E-state index is 13.5. The Kier molecular flexibility index (Phi) is 3.38. The van der Waals surface area contributed by atoms with Gasteiger partial charge in [-0.05, 0) is 19.1 Å². The van der Waals surface area contributed by atoms with Crippen LogP contribution in [0, 0.1) is 5.82 Å². The van der Waals surface area contributed by atoms with Crippen LogP contribution in [0.15, 0.2) is 22.7 Å². The first-order valence-electron chi connectivity index (χ1n) is 4.85. The molecule has 2 nitrogen and oxygen atoms in total. The minimum absolute atomic E-state index is 0.206. The monoisotopic (exact) mass is 274 g/mol. The van der Waals surface area contributed by atoms with Crippen molar-refractivity contribution in [3.05, 3.63) is 34.1 Å². The van der Waals surface area contributed by atoms with Gasteiger partial charge in [-0.1, -0.05) is 22.0 Å². The van der Waals surface area contributed by atoms with E-state index in [1.165, 1.54) is 6.07 Å². The maximum Gasteiger partial charge on any atom is 0.130 e. The number of hydrogen-bond donors (Lipinski definition) is 0. The Balaban J connectivity index is 2.05. The molecule has 82 valence electrons. The lowest BCUT2D eigenvalue weighted by molar-refractivity contribution is 0.0513. The second-order valence-electron chi connectivity index (χ2n) is 3.57. The molecular formula is C11H12BrFO2. The van der Waals surface area contributed by atoms with Crippen molar-refractivity contribution < 1.29 is 13.9 Å². The lowest BCUT2D eigenvalue weighted by atomic mass is 10.1. The maximum absolute atomic E-state index is 13.5. The van der Waals surface area contributed by atoms with Crippen molar-refractivity contribution in [2.75, 3.05) is 13.2 Å². The lowest BCUT2D eigenvalue weighted by Crippen LogP contribution is -2.08. The van der Waals surface area contributed by atoms with Crippen LogP contribution < -0.4 is 0 Å². The standard InChI is InChI=1S/C11H12BrFO2/c1-7(14-5-8-6-15-8)11-9(12)3-2-4-10(11)13/h2-4,7-8H,5-6H2,1H3/t7?,8-/m0/s1. The van der Waals surface area contributed by atoms with Crippen LogP contribution in [0.5, 0.6) is 0 Å². The van der Waals surface area contributed by atoms with Gasteiger partial charge in [-0.3, -0.25) is 0 Å². The molecule has 0 amide bonds. The lowest BCUT2D eigenvalue weighted by Gasteiger charge is -2.15. The highest BCUT2D eigenvalue weighted by Gasteiger charge is 2.24. The van der Waals surface area contributed by atoms with Gasteiger partial charge in [0.25, 0.3) is 0 Å². The van der Waals surface area contributed by atoms with Crippen molar-refractivity contribution in [3.8, 4) is 0 Å². The molecule has 0 aromatic heterocycles. The van der Waals surface area contributed by atoms with Gasteiger partial charge in [-0.15, -0.1) is 0 Å². The van der Waals surface area contributed by atoms with Gasteiger partial charge in [-0.25, -0.2) is 4.39 Å². The van der Waals surface area contributed by atoms with E-state index in [0.29, 0.717) is 12.2 Å². The molecule has 0 spiro atoms. The molecule has 1 aliphatic rings. The van der Waals surface area contributed by atoms with Crippen LogP contribution in [0.25, 0.3) is 0 Å². The number of epoxide rings is 1. The first kappa shape index (κ1) is 11.0. The molecule has 1 aliphatic heterocycles. The number of halogens is 2. The van der Waals surface area contributed by atoms with Gasteiger partial charge in [-0.2, -0.15) is 0 Å². The molecule has 2 atom stereocenters. The Labute approximate surface area is 96.5 Å². The molecule has 0 radical (unpaired) electrons. The minimum Gasteiger partial charge on any atom is -0.371 e. The fraction of sp³-hybridized carbons (Fsp3) is 0.455. The molecule has 0 N–H and O–H groups in total. The van der Waals surface area contributed by atoms with E-state index >= 15 is 0 Å². The molecule has 0 aliphatic carbocycles. The van der Waals surface area contributed by atoms with Crippen LogP contribution in [0.4, 0.5) is 4.39 Å². The van der Waals surface area contributed by atoms with E-state index in [1.807, 2.05) is 13.0 Å². The number of benzene rings is 1. The van der Waals surface area contributed by atoms with Crippen molar-refractivity contribution in [3.63, 3.8) is 0 Å². The SMILES string of the molecule is CC(OC[C@H]1CO1)c1c(F)cccc1Br. The van der Waals surface area contributed by atoms with Gasteiger partial charge in [0.2, 0.25) is 0 Å². The van der Waals surface area contributed by atoms with Crippen molar-refractivity contribution >= 4 is 15.9 Å². The van der Waals surface area contributed by atoms with Crippen LogP contribution in [0.2, 0.25) is 0 Å². The molecule has 0 bridgehead atoms. The molecule has 4 heteroatoms. The normalized spacial score (nSPS) is 21.4. The minimum atomic E-state index is -0.259. The van der Waals surface area contributed by atoms with E-state index in [1.54, 1.807) is 6.07 Å². The summed E-state index contributed by atoms with van der Waals surface area (Å²) >= 11 is 3.32. The summed E-state index contributed by atoms with van der Waals surface area (Å²) < 4.78 is 24.8. The summed E-state index contributed by atoms with van der Waals surface area (Å²) in [6.07, 6.45) is -0.0530. The van der Waals surface area contributed by atoms with E-state index in [0.717, 1.165) is 11.1 Å². The second-order valence-corrected chi connectivity index (χ2v) is 4.42. The summed E-state index contributed by atoms with van der Waals surface area (Å²) in [7, 11) is 0. The van der Waals surface area contributed by atoms with E-state index in [2.05, 4.69) is 15.9 Å². The molecule has 0 saturated carbocycles. The molecule has 1 fully saturated rings. The van der Waals surface area contributed by atoms with Gasteiger partial charge in [0.15, 0.2) is 0 Å². The van der Waals surface area contributed by atoms with Gasteiger partial charge in [0, 0.05) is 10.0 Å². The summed E-state index contributed by atoms with van der Waals surface area (Å²) in [5.74, 6) is -0.242. The number of ether oxygens (including phenoxy) is 2. The first-order valence-corrected chi connectivity index (χ1v) is 5.65. The van der Waals surface area contributed by atoms with Crippen molar-refractivity contribution in [1.82, 2.24) is 0 Å². The highest BCUT2D eigenvalue weighted by molar-refractivity contribution is 9.10. The van der Waals surface area contributed by atoms with Crippen LogP contribution >= 0.6 is 15.9 Å². The van der Waals surface area contributed by atoms with E-state index in [4.69, 9.17) is 9.47 Å². The molecule has 1 heterocycles. The van der Waals surface area contributed by atoms with Crippen molar-refractivity contribution in [2.24, 2.45) is 0 Å². The Morgan fingerprint density at radius 1 is 1.67 bits per heavy atom. The Hall–Kier alpha value is -0.450. The average Bonchev–Trinajstić information content (AvgIpc) is 2.97. The third-order valence-electron chi connectivity index (χ3n) is 2.34. The first-order chi connectivity index (χ1) is 7.18. The second kappa shape index (κ2) is 4.60. The van der Waals surface area contributed by atoms with E-state index in [-0.39, 0.29) is 18.0 Å². The van der Waals surface area contributed by atoms with Crippen LogP contribution in [0.1, 0.15) is 18.6 Å². The zero-order valence-electron chi connectivity index (χ0n) is 8.37. The van der Waals surface area contributed by atoms with Crippen LogP contribution in [-0.4, -0.2) is 19.3 Å². The largest absolute Gasteiger partial charge is 0.371 e. The zero-order chi connectivity index (χ0) is 10.8. The van der Waals surface area contributed by atoms with Crippen LogP contribution in [0.3, 0.4) is 0 Å². The predicted octanol–water partition coefficient (Wildman–Crippen LogP) is 3.06. The predicted molar refractivity (Wildman–Crippen MR) is 58.2 cm³/mol. The van der Waals surface area contributed by atoms with Gasteiger partial charge < -0.3 is 9.47 Å². The number of rotatable bonds is 4. The Bertz CT molecular complexity index is 332. The quantitative estimate of drug-likeness (QED) is 0.788. The summed E-state index contributed by atoms with van der Waals surface area (Å²) in [5, 5.41) is 0. The average molecular weight is 275 g/mol. The van der Waals surface area contributed by atoms with Crippen LogP contribution in [-0.2, 0) is 9.47 Å². The van der Waals surface area contributed by atoms with E-state index < -0.39 is 0 Å². The molecule has 2 rings (SSSR count). The third-order valence-corrected chi connectivity index (χ3v) is 3.03. The highest BCUT2D eigenvalue weighted by atomic mass is 79.9. The molecule has 1 saturated heterocycles. The Morgan fingerprint density at radius 3 is 3.00 bits per heavy atom. The van der Waals surface area contributed by atoms with Crippen molar-refractivity contribution in [2.45, 2.75) is 19.1 Å². The summed E-state index contributed by atoms with van der Waals surface area (Å²) in [4.78, 5) is 0. The Morgan fingerprint density at radius 2 is 2.40 bits per heavy atom. The smallest absolute Gasteiger partial charge is 0.130 e. The molecule has 1 unspecified atom stereocenters. The zero-order valence-corrected chi connectivity index (χ0v) is 9.96. The third kappa shape index (κ3) is 2.77. The molecule has 1 aromatic carbocycles. The highest BCUT2D eigenvalue weighted by Crippen LogP contribution is 2.29. The fourth-order valence-electron chi connectivity index (χ4n) is 1.40. The van der Waals surface area contributed by atoms with E-state index in [9.17, 15) is 4.39 Å². The van der Waals surface area contributed by atoms with Crippen molar-refractivity contribution in [1.29, 1.82) is 0 Å². The molecular weight excluding hydrogens is 263 g/mol. The fourth-order valence-corrected chi connectivity index (χ4v) is 2.06.